The second-order valence-corrected chi connectivity index (χ2v) is 9.09. The van der Waals surface area contributed by atoms with Crippen LogP contribution in [0.3, 0.4) is 0 Å². The number of amides is 1. The minimum absolute atomic E-state index is 0. The van der Waals surface area contributed by atoms with Crippen molar-refractivity contribution in [1.29, 1.82) is 0 Å². The molecule has 0 bridgehead atoms. The summed E-state index contributed by atoms with van der Waals surface area (Å²) >= 11 is 0. The molecule has 1 aromatic heterocycles. The van der Waals surface area contributed by atoms with Gasteiger partial charge in [-0.15, -0.1) is 12.4 Å². The van der Waals surface area contributed by atoms with Gasteiger partial charge in [0.05, 0.1) is 6.04 Å². The van der Waals surface area contributed by atoms with E-state index in [-0.39, 0.29) is 30.3 Å². The molecule has 176 valence electrons. The van der Waals surface area contributed by atoms with Crippen LogP contribution >= 0.6 is 12.4 Å². The molecular formula is C26H34ClN5O. The van der Waals surface area contributed by atoms with E-state index in [4.69, 9.17) is 0 Å². The van der Waals surface area contributed by atoms with Gasteiger partial charge in [-0.05, 0) is 55.9 Å². The summed E-state index contributed by atoms with van der Waals surface area (Å²) < 4.78 is 0. The van der Waals surface area contributed by atoms with Crippen LogP contribution in [-0.2, 0) is 4.79 Å². The van der Waals surface area contributed by atoms with Crippen molar-refractivity contribution in [3.63, 3.8) is 0 Å². The van der Waals surface area contributed by atoms with Gasteiger partial charge in [0.15, 0.2) is 0 Å². The van der Waals surface area contributed by atoms with Crippen LogP contribution in [0.5, 0.6) is 0 Å². The van der Waals surface area contributed by atoms with Crippen molar-refractivity contribution in [3.8, 4) is 0 Å². The van der Waals surface area contributed by atoms with E-state index < -0.39 is 0 Å². The summed E-state index contributed by atoms with van der Waals surface area (Å²) in [5, 5.41) is 9.13. The molecule has 1 heterocycles. The van der Waals surface area contributed by atoms with Crippen LogP contribution < -0.4 is 15.5 Å². The van der Waals surface area contributed by atoms with Crippen LogP contribution in [-0.4, -0.2) is 36.0 Å². The fourth-order valence-electron chi connectivity index (χ4n) is 4.67. The molecule has 0 spiro atoms. The molecule has 0 saturated heterocycles. The highest BCUT2D eigenvalue weighted by Gasteiger charge is 2.28. The summed E-state index contributed by atoms with van der Waals surface area (Å²) in [7, 11) is 3.98. The summed E-state index contributed by atoms with van der Waals surface area (Å²) in [5.41, 5.74) is 2.22. The second kappa shape index (κ2) is 10.8. The van der Waals surface area contributed by atoms with E-state index in [2.05, 4.69) is 57.9 Å². The highest BCUT2D eigenvalue weighted by molar-refractivity contribution is 5.87. The van der Waals surface area contributed by atoms with E-state index in [0.717, 1.165) is 37.1 Å². The monoisotopic (exact) mass is 467 g/mol. The van der Waals surface area contributed by atoms with Gasteiger partial charge in [0.1, 0.15) is 5.82 Å². The fourth-order valence-corrected chi connectivity index (χ4v) is 4.67. The van der Waals surface area contributed by atoms with E-state index >= 15 is 0 Å². The first kappa shape index (κ1) is 24.8. The number of hydrogen-bond donors (Lipinski definition) is 2. The van der Waals surface area contributed by atoms with Crippen molar-refractivity contribution >= 4 is 40.9 Å². The smallest absolute Gasteiger partial charge is 0.224 e. The Bertz CT molecular complexity index is 1090. The average molecular weight is 468 g/mol. The molecule has 6 nitrogen and oxygen atoms in total. The number of hydrogen-bond acceptors (Lipinski definition) is 5. The maximum absolute atomic E-state index is 13.0. The normalized spacial score (nSPS) is 18.8. The molecule has 0 aliphatic heterocycles. The van der Waals surface area contributed by atoms with Gasteiger partial charge in [-0.3, -0.25) is 4.79 Å². The second-order valence-electron chi connectivity index (χ2n) is 9.09. The molecular weight excluding hydrogens is 434 g/mol. The molecule has 7 heteroatoms. The first-order chi connectivity index (χ1) is 15.4. The highest BCUT2D eigenvalue weighted by Crippen LogP contribution is 2.29. The topological polar surface area (TPSA) is 70.1 Å². The molecule has 2 aromatic carbocycles. The number of benzene rings is 2. The first-order valence-corrected chi connectivity index (χ1v) is 11.5. The Hall–Kier alpha value is -2.86. The number of halogens is 1. The zero-order valence-corrected chi connectivity index (χ0v) is 20.7. The number of aromatic nitrogens is 2. The molecule has 3 aromatic rings. The first-order valence-electron chi connectivity index (χ1n) is 11.5. The molecule has 1 atom stereocenters. The van der Waals surface area contributed by atoms with Gasteiger partial charge in [0.25, 0.3) is 0 Å². The zero-order chi connectivity index (χ0) is 22.7. The minimum atomic E-state index is -0.0186. The molecule has 1 amide bonds. The van der Waals surface area contributed by atoms with Gasteiger partial charge < -0.3 is 15.5 Å². The molecule has 0 unspecified atom stereocenters. The zero-order valence-electron chi connectivity index (χ0n) is 19.8. The third kappa shape index (κ3) is 5.74. The quantitative estimate of drug-likeness (QED) is 0.516. The predicted octanol–water partition coefficient (Wildman–Crippen LogP) is 5.27. The van der Waals surface area contributed by atoms with E-state index in [9.17, 15) is 4.79 Å². The number of nitrogens with one attached hydrogen (secondary N) is 2. The molecule has 33 heavy (non-hydrogen) atoms. The Morgan fingerprint density at radius 1 is 1.06 bits per heavy atom. The third-order valence-corrected chi connectivity index (χ3v) is 6.45. The lowest BCUT2D eigenvalue weighted by molar-refractivity contribution is -0.126. The molecule has 1 aliphatic carbocycles. The molecule has 1 fully saturated rings. The highest BCUT2D eigenvalue weighted by atomic mass is 35.5. The van der Waals surface area contributed by atoms with Crippen molar-refractivity contribution in [1.82, 2.24) is 15.3 Å². The Morgan fingerprint density at radius 3 is 2.48 bits per heavy atom. The van der Waals surface area contributed by atoms with Crippen molar-refractivity contribution in [2.75, 3.05) is 24.3 Å². The maximum atomic E-state index is 13.0. The number of aryl methyl sites for hydroxylation is 1. The summed E-state index contributed by atoms with van der Waals surface area (Å²) in [6.45, 7) is 4.09. The summed E-state index contributed by atoms with van der Waals surface area (Å²) in [4.78, 5) is 24.1. The van der Waals surface area contributed by atoms with Crippen molar-refractivity contribution in [2.24, 2.45) is 5.92 Å². The third-order valence-electron chi connectivity index (χ3n) is 6.45. The number of carbonyl (C=O) groups is 1. The Kier molecular flexibility index (Phi) is 8.14. The van der Waals surface area contributed by atoms with Crippen LogP contribution in [0, 0.1) is 12.8 Å². The van der Waals surface area contributed by atoms with Gasteiger partial charge in [-0.1, -0.05) is 42.5 Å². The van der Waals surface area contributed by atoms with Crippen molar-refractivity contribution < 1.29 is 4.79 Å². The van der Waals surface area contributed by atoms with Crippen LogP contribution in [0.15, 0.2) is 48.7 Å². The molecule has 0 radical (unpaired) electrons. The van der Waals surface area contributed by atoms with Crippen LogP contribution in [0.2, 0.25) is 0 Å². The predicted molar refractivity (Wildman–Crippen MR) is 138 cm³/mol. The molecule has 2 N–H and O–H groups in total. The van der Waals surface area contributed by atoms with Crippen LogP contribution in [0.1, 0.15) is 49.8 Å². The van der Waals surface area contributed by atoms with E-state index in [1.807, 2.05) is 44.2 Å². The number of anilines is 2. The van der Waals surface area contributed by atoms with Gasteiger partial charge >= 0.3 is 0 Å². The molecule has 4 rings (SSSR count). The lowest BCUT2D eigenvalue weighted by atomic mass is 9.85. The number of rotatable bonds is 6. The van der Waals surface area contributed by atoms with E-state index in [1.54, 1.807) is 0 Å². The minimum Gasteiger partial charge on any atom is -0.362 e. The summed E-state index contributed by atoms with van der Waals surface area (Å²) in [6, 6.07) is 14.9. The SMILES string of the molecule is Cc1cnc(NC2CCC(C(=O)N[C@H](C)c3cccc4ccccc34)CC2)nc1N(C)C.Cl. The number of fused-ring (bicyclic) bond motifs is 1. The summed E-state index contributed by atoms with van der Waals surface area (Å²) in [5.74, 6) is 1.81. The van der Waals surface area contributed by atoms with E-state index in [1.165, 1.54) is 16.3 Å². The van der Waals surface area contributed by atoms with Gasteiger partial charge in [0.2, 0.25) is 11.9 Å². The number of carbonyl (C=O) groups excluding carboxylic acids is 1. The van der Waals surface area contributed by atoms with Gasteiger partial charge in [-0.2, -0.15) is 4.98 Å². The maximum Gasteiger partial charge on any atom is 0.224 e. The summed E-state index contributed by atoms with van der Waals surface area (Å²) in [6.07, 6.45) is 5.49. The van der Waals surface area contributed by atoms with Crippen molar-refractivity contribution in [3.05, 3.63) is 59.8 Å². The largest absolute Gasteiger partial charge is 0.362 e. The lowest BCUT2D eigenvalue weighted by Gasteiger charge is -2.29. The van der Waals surface area contributed by atoms with E-state index in [0.29, 0.717) is 12.0 Å². The van der Waals surface area contributed by atoms with Crippen LogP contribution in [0.25, 0.3) is 10.8 Å². The van der Waals surface area contributed by atoms with Gasteiger partial charge in [-0.25, -0.2) is 4.98 Å². The Balaban J connectivity index is 0.00000306. The van der Waals surface area contributed by atoms with Crippen molar-refractivity contribution in [2.45, 2.75) is 51.6 Å². The van der Waals surface area contributed by atoms with Crippen LogP contribution in [0.4, 0.5) is 11.8 Å². The number of nitrogens with zero attached hydrogens (tertiary/aromatic N) is 3. The Morgan fingerprint density at radius 2 is 1.76 bits per heavy atom. The fraction of sp³-hybridized carbons (Fsp3) is 0.423. The molecule has 1 aliphatic rings. The van der Waals surface area contributed by atoms with Gasteiger partial charge in [0, 0.05) is 37.8 Å². The Labute approximate surface area is 202 Å². The lowest BCUT2D eigenvalue weighted by Crippen LogP contribution is -2.37. The average Bonchev–Trinajstić information content (AvgIpc) is 2.80. The molecule has 1 saturated carbocycles. The standard InChI is InChI=1S/C26H33N5O.ClH/c1-17-16-27-26(30-24(17)31(3)4)29-21-14-12-20(13-15-21)25(32)28-18(2)22-11-7-9-19-8-5-6-10-23(19)22;/h5-11,16,18,20-21H,12-15H2,1-4H3,(H,28,32)(H,27,29,30);1H/t18-,20?,21?;/m1./s1.